The number of benzene rings is 3. The van der Waals surface area contributed by atoms with Gasteiger partial charge in [0.2, 0.25) is 0 Å². The molecular formula is C31H29Br2IN4O7. The number of hydrogen-bond acceptors (Lipinski definition) is 8. The highest BCUT2D eigenvalue weighted by Gasteiger charge is 2.32. The normalized spacial score (nSPS) is 14.4. The van der Waals surface area contributed by atoms with Gasteiger partial charge >= 0.3 is 12.0 Å². The molecule has 3 aromatic rings. The molecule has 1 heterocycles. The molecule has 3 aromatic carbocycles. The van der Waals surface area contributed by atoms with Crippen LogP contribution in [-0.4, -0.2) is 44.4 Å². The SMILES string of the molecule is CCOC(=O)C1=C(C)NC(=O)N[C@@H]1c1ccc(OCC(=O)N/N=C\c2cc(Br)c(OCc3ccc(Br)cc3)c(I)c2)c(OC)c1. The molecule has 0 bridgehead atoms. The molecule has 45 heavy (non-hydrogen) atoms. The number of hydrazone groups is 1. The Morgan fingerprint density at radius 1 is 1.07 bits per heavy atom. The molecule has 0 fully saturated rings. The third-order valence-electron chi connectivity index (χ3n) is 6.36. The second-order valence-corrected chi connectivity index (χ2v) is 12.4. The Morgan fingerprint density at radius 2 is 1.82 bits per heavy atom. The minimum absolute atomic E-state index is 0.185. The van der Waals surface area contributed by atoms with Crippen LogP contribution in [0.1, 0.15) is 36.6 Å². The fraction of sp³-hybridized carbons (Fsp3) is 0.226. The fourth-order valence-corrected chi connectivity index (χ4v) is 6.32. The van der Waals surface area contributed by atoms with Crippen molar-refractivity contribution in [1.82, 2.24) is 16.1 Å². The van der Waals surface area contributed by atoms with Crippen LogP contribution < -0.4 is 30.3 Å². The standard InChI is InChI=1S/C31H29Br2IN4O7/c1-4-43-30(40)27-17(2)36-31(41)37-28(27)20-7-10-24(25(13-20)42-3)44-16-26(39)38-35-14-19-11-22(33)29(23(34)12-19)45-15-18-5-8-21(32)9-6-18/h5-14,28H,4,15-16H2,1-3H3,(H,38,39)(H2,36,37,41)/b35-14-/t28-/m1/s1. The average molecular weight is 856 g/mol. The number of urea groups is 1. The third-order valence-corrected chi connectivity index (χ3v) is 8.28. The number of nitrogens with zero attached hydrogens (tertiary/aromatic N) is 1. The summed E-state index contributed by atoms with van der Waals surface area (Å²) in [6, 6.07) is 15.3. The van der Waals surface area contributed by atoms with Crippen LogP contribution in [0.3, 0.4) is 0 Å². The molecule has 236 valence electrons. The summed E-state index contributed by atoms with van der Waals surface area (Å²) in [4.78, 5) is 37.2. The first kappa shape index (κ1) is 34.2. The van der Waals surface area contributed by atoms with E-state index in [0.29, 0.717) is 29.4 Å². The minimum Gasteiger partial charge on any atom is -0.493 e. The monoisotopic (exact) mass is 854 g/mol. The van der Waals surface area contributed by atoms with Gasteiger partial charge in [-0.2, -0.15) is 5.10 Å². The molecule has 3 amide bonds. The Kier molecular flexibility index (Phi) is 12.2. The van der Waals surface area contributed by atoms with Crippen molar-refractivity contribution in [2.75, 3.05) is 20.3 Å². The number of hydrogen-bond donors (Lipinski definition) is 3. The molecule has 0 unspecified atom stereocenters. The Hall–Kier alpha value is -3.63. The largest absolute Gasteiger partial charge is 0.493 e. The summed E-state index contributed by atoms with van der Waals surface area (Å²) in [6.45, 7) is 3.59. The first-order chi connectivity index (χ1) is 21.6. The maximum absolute atomic E-state index is 12.6. The van der Waals surface area contributed by atoms with Gasteiger partial charge in [-0.05, 0) is 105 Å². The number of carbonyl (C=O) groups is 3. The Labute approximate surface area is 290 Å². The summed E-state index contributed by atoms with van der Waals surface area (Å²) >= 11 is 9.17. The van der Waals surface area contributed by atoms with Crippen molar-refractivity contribution in [2.45, 2.75) is 26.5 Å². The van der Waals surface area contributed by atoms with Gasteiger partial charge in [0.25, 0.3) is 5.91 Å². The van der Waals surface area contributed by atoms with Gasteiger partial charge in [-0.15, -0.1) is 0 Å². The van der Waals surface area contributed by atoms with Gasteiger partial charge in [-0.3, -0.25) is 4.79 Å². The van der Waals surface area contributed by atoms with Crippen molar-refractivity contribution >= 4 is 78.6 Å². The number of amides is 3. The van der Waals surface area contributed by atoms with Crippen molar-refractivity contribution in [2.24, 2.45) is 5.10 Å². The van der Waals surface area contributed by atoms with Crippen molar-refractivity contribution in [1.29, 1.82) is 0 Å². The Balaban J connectivity index is 1.35. The van der Waals surface area contributed by atoms with Crippen molar-refractivity contribution in [3.8, 4) is 17.2 Å². The zero-order chi connectivity index (χ0) is 32.5. The molecule has 0 saturated heterocycles. The summed E-state index contributed by atoms with van der Waals surface area (Å²) < 4.78 is 24.9. The Bertz CT molecular complexity index is 1620. The predicted molar refractivity (Wildman–Crippen MR) is 183 cm³/mol. The molecule has 0 spiro atoms. The van der Waals surface area contributed by atoms with Crippen LogP contribution in [0.4, 0.5) is 4.79 Å². The molecule has 0 aliphatic carbocycles. The van der Waals surface area contributed by atoms with E-state index in [4.69, 9.17) is 18.9 Å². The van der Waals surface area contributed by atoms with Gasteiger partial charge in [-0.1, -0.05) is 34.1 Å². The van der Waals surface area contributed by atoms with Gasteiger partial charge in [0, 0.05) is 10.2 Å². The number of methoxy groups -OCH3 is 1. The average Bonchev–Trinajstić information content (AvgIpc) is 3.00. The maximum Gasteiger partial charge on any atom is 0.338 e. The van der Waals surface area contributed by atoms with E-state index in [1.807, 2.05) is 36.4 Å². The minimum atomic E-state index is -0.770. The molecule has 1 aliphatic heterocycles. The van der Waals surface area contributed by atoms with E-state index in [1.165, 1.54) is 13.3 Å². The van der Waals surface area contributed by atoms with Crippen molar-refractivity contribution in [3.05, 3.63) is 95.1 Å². The van der Waals surface area contributed by atoms with E-state index in [2.05, 4.69) is 75.6 Å². The lowest BCUT2D eigenvalue weighted by molar-refractivity contribution is -0.139. The summed E-state index contributed by atoms with van der Waals surface area (Å²) in [5, 5.41) is 9.37. The number of rotatable bonds is 12. The number of ether oxygens (including phenoxy) is 4. The van der Waals surface area contributed by atoms with E-state index >= 15 is 0 Å². The zero-order valence-corrected chi connectivity index (χ0v) is 29.7. The van der Waals surface area contributed by atoms with Crippen LogP contribution in [0, 0.1) is 3.57 Å². The highest BCUT2D eigenvalue weighted by atomic mass is 127. The van der Waals surface area contributed by atoms with Crippen LogP contribution >= 0.6 is 54.5 Å². The molecule has 1 atom stereocenters. The topological polar surface area (TPSA) is 137 Å². The summed E-state index contributed by atoms with van der Waals surface area (Å²) in [6.07, 6.45) is 1.52. The molecule has 4 rings (SSSR count). The van der Waals surface area contributed by atoms with E-state index in [0.717, 1.165) is 23.6 Å². The third kappa shape index (κ3) is 9.20. The van der Waals surface area contributed by atoms with Gasteiger partial charge in [-0.25, -0.2) is 15.0 Å². The quantitative estimate of drug-likeness (QED) is 0.0865. The van der Waals surface area contributed by atoms with Crippen LogP contribution in [0.25, 0.3) is 0 Å². The van der Waals surface area contributed by atoms with Crippen LogP contribution in [-0.2, 0) is 20.9 Å². The van der Waals surface area contributed by atoms with Gasteiger partial charge in [0.1, 0.15) is 12.4 Å². The number of carbonyl (C=O) groups excluding carboxylic acids is 3. The molecule has 11 nitrogen and oxygen atoms in total. The highest BCUT2D eigenvalue weighted by Crippen LogP contribution is 2.35. The fourth-order valence-electron chi connectivity index (χ4n) is 4.29. The smallest absolute Gasteiger partial charge is 0.338 e. The van der Waals surface area contributed by atoms with E-state index in [9.17, 15) is 14.4 Å². The van der Waals surface area contributed by atoms with Crippen molar-refractivity contribution < 1.29 is 33.3 Å². The predicted octanol–water partition coefficient (Wildman–Crippen LogP) is 6.12. The molecular weight excluding hydrogens is 827 g/mol. The summed E-state index contributed by atoms with van der Waals surface area (Å²) in [5.41, 5.74) is 5.46. The first-order valence-corrected chi connectivity index (χ1v) is 16.2. The van der Waals surface area contributed by atoms with Gasteiger partial charge in [0.05, 0.1) is 39.6 Å². The Morgan fingerprint density at radius 3 is 2.51 bits per heavy atom. The second kappa shape index (κ2) is 16.1. The van der Waals surface area contributed by atoms with E-state index < -0.39 is 23.9 Å². The van der Waals surface area contributed by atoms with E-state index in [-0.39, 0.29) is 24.5 Å². The molecule has 14 heteroatoms. The lowest BCUT2D eigenvalue weighted by Gasteiger charge is -2.28. The lowest BCUT2D eigenvalue weighted by atomic mass is 9.95. The van der Waals surface area contributed by atoms with Crippen molar-refractivity contribution in [3.63, 3.8) is 0 Å². The van der Waals surface area contributed by atoms with Crippen LogP contribution in [0.2, 0.25) is 0 Å². The van der Waals surface area contributed by atoms with Gasteiger partial charge < -0.3 is 29.6 Å². The molecule has 0 aromatic heterocycles. The summed E-state index contributed by atoms with van der Waals surface area (Å²) in [5.74, 6) is 0.260. The van der Waals surface area contributed by atoms with Crippen LogP contribution in [0.15, 0.2) is 79.9 Å². The molecule has 0 saturated carbocycles. The lowest BCUT2D eigenvalue weighted by Crippen LogP contribution is -2.45. The zero-order valence-electron chi connectivity index (χ0n) is 24.4. The maximum atomic E-state index is 12.6. The van der Waals surface area contributed by atoms with Crippen LogP contribution in [0.5, 0.6) is 17.2 Å². The van der Waals surface area contributed by atoms with E-state index in [1.54, 1.807) is 32.0 Å². The molecule has 1 aliphatic rings. The second-order valence-electron chi connectivity index (χ2n) is 9.51. The number of esters is 1. The number of nitrogens with one attached hydrogen (secondary N) is 3. The first-order valence-electron chi connectivity index (χ1n) is 13.5. The molecule has 0 radical (unpaired) electrons. The highest BCUT2D eigenvalue weighted by molar-refractivity contribution is 14.1. The number of allylic oxidation sites excluding steroid dienone is 1. The number of halogens is 3. The summed E-state index contributed by atoms with van der Waals surface area (Å²) in [7, 11) is 1.45. The van der Waals surface area contributed by atoms with Gasteiger partial charge in [0.15, 0.2) is 18.1 Å². The molecule has 3 N–H and O–H groups in total.